The van der Waals surface area contributed by atoms with E-state index in [1.165, 1.54) is 18.9 Å². The number of hydrogen-bond acceptors (Lipinski definition) is 9. The van der Waals surface area contributed by atoms with Crippen LogP contribution in [0.25, 0.3) is 44.5 Å². The van der Waals surface area contributed by atoms with Gasteiger partial charge < -0.3 is 39.7 Å². The van der Waals surface area contributed by atoms with E-state index in [9.17, 15) is 9.59 Å². The topological polar surface area (TPSA) is 159 Å². The molecule has 4 N–H and O–H groups in total. The molecule has 3 aliphatic heterocycles. The Labute approximate surface area is 293 Å². The summed E-state index contributed by atoms with van der Waals surface area (Å²) in [6, 6.07) is 14.8. The molecule has 1 spiro atoms. The molecule has 3 unspecified atom stereocenters. The van der Waals surface area contributed by atoms with Crippen LogP contribution in [0.4, 0.5) is 9.18 Å². The van der Waals surface area contributed by atoms with Crippen LogP contribution >= 0.6 is 0 Å². The van der Waals surface area contributed by atoms with Crippen LogP contribution in [0.15, 0.2) is 54.7 Å². The first-order chi connectivity index (χ1) is 24.5. The van der Waals surface area contributed by atoms with Crippen molar-refractivity contribution in [2.45, 2.75) is 63.2 Å². The number of fused-ring (bicyclic) bond motifs is 2. The van der Waals surface area contributed by atoms with Gasteiger partial charge in [0.25, 0.3) is 0 Å². The van der Waals surface area contributed by atoms with Gasteiger partial charge in [-0.2, -0.15) is 0 Å². The summed E-state index contributed by atoms with van der Waals surface area (Å²) in [7, 11) is 1.24. The first-order valence-corrected chi connectivity index (χ1v) is 17.3. The Morgan fingerprint density at radius 2 is 1.76 bits per heavy atom. The van der Waals surface area contributed by atoms with Gasteiger partial charge in [0.15, 0.2) is 5.79 Å². The molecule has 2 amide bonds. The molecule has 4 atom stereocenters. The highest BCUT2D eigenvalue weighted by atomic mass is 19.1. The van der Waals surface area contributed by atoms with Crippen molar-refractivity contribution in [3.63, 3.8) is 0 Å². The van der Waals surface area contributed by atoms with E-state index in [1.54, 1.807) is 6.20 Å². The van der Waals surface area contributed by atoms with Gasteiger partial charge in [-0.05, 0) is 54.3 Å². The number of carbonyl (C=O) groups excluding carboxylic acids is 2. The number of methoxy groups -OCH3 is 1. The summed E-state index contributed by atoms with van der Waals surface area (Å²) in [5, 5.41) is 7.06. The standard InChI is InChI=1S/C37H41FN8O5/c1-20(2)31(45-35(48)49-4)34(47)46-19-36(3,38)16-30(46)33-39-17-29(44-33)26-10-7-23-13-21(5-8-24(23)41-26)22-6-9-25-27(14-22)43-32(42-25)28-15-37(18-40-28)50-11-12-51-37/h5-10,13-14,17,20,28,30-31,40H,11-12,15-16,18-19H2,1-4H3,(H,39,44)(H,42,43)(H,45,48)/t28?,30?,31-,36?/m0/s1. The number of alkyl carbamates (subject to hydrolysis) is 1. The van der Waals surface area contributed by atoms with Crippen molar-refractivity contribution in [1.29, 1.82) is 0 Å². The number of nitrogens with zero attached hydrogens (tertiary/aromatic N) is 4. The summed E-state index contributed by atoms with van der Waals surface area (Å²) in [5.41, 5.74) is 4.45. The fourth-order valence-electron chi connectivity index (χ4n) is 7.51. The van der Waals surface area contributed by atoms with Crippen molar-refractivity contribution in [3.05, 3.63) is 66.4 Å². The van der Waals surface area contributed by atoms with Crippen molar-refractivity contribution in [2.75, 3.05) is 33.4 Å². The van der Waals surface area contributed by atoms with Crippen LogP contribution in [0.5, 0.6) is 0 Å². The van der Waals surface area contributed by atoms with Crippen molar-refractivity contribution < 1.29 is 28.2 Å². The third-order valence-corrected chi connectivity index (χ3v) is 10.2. The Morgan fingerprint density at radius 1 is 1.00 bits per heavy atom. The third kappa shape index (κ3) is 6.32. The monoisotopic (exact) mass is 696 g/mol. The second kappa shape index (κ2) is 12.7. The van der Waals surface area contributed by atoms with E-state index in [4.69, 9.17) is 24.2 Å². The zero-order valence-corrected chi connectivity index (χ0v) is 29.0. The normalized spacial score (nSPS) is 23.5. The van der Waals surface area contributed by atoms with Crippen molar-refractivity contribution in [3.8, 4) is 22.5 Å². The molecule has 6 heterocycles. The minimum Gasteiger partial charge on any atom is -0.453 e. The van der Waals surface area contributed by atoms with Crippen LogP contribution in [-0.2, 0) is 19.0 Å². The van der Waals surface area contributed by atoms with Crippen LogP contribution in [0.3, 0.4) is 0 Å². The Hall–Kier alpha value is -4.92. The molecule has 3 fully saturated rings. The number of halogens is 1. The van der Waals surface area contributed by atoms with Crippen LogP contribution in [0, 0.1) is 5.92 Å². The minimum absolute atomic E-state index is 0.0295. The van der Waals surface area contributed by atoms with E-state index in [0.717, 1.165) is 38.9 Å². The highest BCUT2D eigenvalue weighted by Crippen LogP contribution is 2.40. The van der Waals surface area contributed by atoms with Gasteiger partial charge in [-0.25, -0.2) is 24.1 Å². The molecule has 2 aromatic carbocycles. The van der Waals surface area contributed by atoms with E-state index >= 15 is 4.39 Å². The molecular weight excluding hydrogens is 655 g/mol. The Bertz CT molecular complexity index is 2120. The average Bonchev–Trinajstić information content (AvgIpc) is 3.97. The average molecular weight is 697 g/mol. The molecule has 8 rings (SSSR count). The molecule has 3 aromatic heterocycles. The summed E-state index contributed by atoms with van der Waals surface area (Å²) < 4.78 is 31.9. The minimum atomic E-state index is -1.63. The molecule has 0 radical (unpaired) electrons. The third-order valence-electron chi connectivity index (χ3n) is 10.2. The van der Waals surface area contributed by atoms with E-state index in [2.05, 4.69) is 43.8 Å². The van der Waals surface area contributed by atoms with Gasteiger partial charge in [0.05, 0.1) is 79.6 Å². The lowest BCUT2D eigenvalue weighted by Crippen LogP contribution is -2.51. The van der Waals surface area contributed by atoms with Crippen LogP contribution < -0.4 is 10.6 Å². The second-order valence-corrected chi connectivity index (χ2v) is 14.3. The Morgan fingerprint density at radius 3 is 2.53 bits per heavy atom. The van der Waals surface area contributed by atoms with Gasteiger partial charge in [0.1, 0.15) is 23.4 Å². The molecule has 13 nitrogen and oxygen atoms in total. The number of ether oxygens (including phenoxy) is 3. The summed E-state index contributed by atoms with van der Waals surface area (Å²) in [6.07, 6.45) is 1.72. The smallest absolute Gasteiger partial charge is 0.407 e. The fraction of sp³-hybridized carbons (Fsp3) is 0.432. The number of pyridine rings is 1. The SMILES string of the molecule is COC(=O)N[C@H](C(=O)N1CC(C)(F)CC1c1ncc(-c2ccc3cc(-c4ccc5nc(C6CC7(CN6)OCCO7)[nH]c5c4)ccc3n2)[nH]1)C(C)C. The zero-order valence-electron chi connectivity index (χ0n) is 29.0. The van der Waals surface area contributed by atoms with Gasteiger partial charge >= 0.3 is 6.09 Å². The zero-order chi connectivity index (χ0) is 35.5. The molecule has 0 aliphatic carbocycles. The van der Waals surface area contributed by atoms with E-state index < -0.39 is 29.6 Å². The Kier molecular flexibility index (Phi) is 8.27. The molecule has 0 saturated carbocycles. The number of benzene rings is 2. The maximum absolute atomic E-state index is 15.4. The predicted octanol–water partition coefficient (Wildman–Crippen LogP) is 5.33. The molecular formula is C37H41FN8O5. The van der Waals surface area contributed by atoms with E-state index in [1.807, 2.05) is 44.2 Å². The number of amides is 2. The van der Waals surface area contributed by atoms with Crippen LogP contribution in [0.2, 0.25) is 0 Å². The fourth-order valence-corrected chi connectivity index (χ4v) is 7.51. The number of nitrogens with one attached hydrogen (secondary N) is 4. The van der Waals surface area contributed by atoms with Crippen LogP contribution in [0.1, 0.15) is 57.3 Å². The van der Waals surface area contributed by atoms with Gasteiger partial charge in [0.2, 0.25) is 5.91 Å². The van der Waals surface area contributed by atoms with Gasteiger partial charge in [-0.15, -0.1) is 0 Å². The molecule has 266 valence electrons. The van der Waals surface area contributed by atoms with Gasteiger partial charge in [-0.1, -0.05) is 32.0 Å². The predicted molar refractivity (Wildman–Crippen MR) is 187 cm³/mol. The van der Waals surface area contributed by atoms with Crippen molar-refractivity contribution >= 4 is 33.9 Å². The second-order valence-electron chi connectivity index (χ2n) is 14.3. The van der Waals surface area contributed by atoms with Gasteiger partial charge in [-0.3, -0.25) is 4.79 Å². The summed E-state index contributed by atoms with van der Waals surface area (Å²) in [5.74, 6) is 0.148. The number of hydrogen-bond donors (Lipinski definition) is 4. The number of imidazole rings is 2. The molecule has 5 aromatic rings. The highest BCUT2D eigenvalue weighted by molar-refractivity contribution is 5.89. The molecule has 3 saturated heterocycles. The summed E-state index contributed by atoms with van der Waals surface area (Å²) >= 11 is 0. The number of alkyl halides is 1. The van der Waals surface area contributed by atoms with Crippen LogP contribution in [-0.4, -0.2) is 92.7 Å². The maximum atomic E-state index is 15.4. The number of H-pyrrole nitrogens is 2. The lowest BCUT2D eigenvalue weighted by atomic mass is 10.0. The molecule has 3 aliphatic rings. The number of aromatic amines is 2. The number of carbonyl (C=O) groups is 2. The Balaban J connectivity index is 1.01. The lowest BCUT2D eigenvalue weighted by Gasteiger charge is -2.29. The molecule has 0 bridgehead atoms. The van der Waals surface area contributed by atoms with Crippen molar-refractivity contribution in [2.24, 2.45) is 5.92 Å². The number of likely N-dealkylation sites (tertiary alicyclic amines) is 1. The van der Waals surface area contributed by atoms with Gasteiger partial charge in [0, 0.05) is 18.2 Å². The molecule has 51 heavy (non-hydrogen) atoms. The summed E-state index contributed by atoms with van der Waals surface area (Å²) in [4.78, 5) is 48.2. The first-order valence-electron chi connectivity index (χ1n) is 17.3. The maximum Gasteiger partial charge on any atom is 0.407 e. The summed E-state index contributed by atoms with van der Waals surface area (Å²) in [6.45, 7) is 6.87. The van der Waals surface area contributed by atoms with E-state index in [0.29, 0.717) is 43.4 Å². The quantitative estimate of drug-likeness (QED) is 0.177. The molecule has 14 heteroatoms. The first kappa shape index (κ1) is 33.2. The number of rotatable bonds is 7. The number of aromatic nitrogens is 5. The lowest BCUT2D eigenvalue weighted by molar-refractivity contribution is -0.141. The van der Waals surface area contributed by atoms with Crippen molar-refractivity contribution in [1.82, 2.24) is 40.5 Å². The largest absolute Gasteiger partial charge is 0.453 e. The highest BCUT2D eigenvalue weighted by Gasteiger charge is 2.48. The van der Waals surface area contributed by atoms with E-state index in [-0.39, 0.29) is 30.8 Å².